The Kier molecular flexibility index (Phi) is 3.30. The largest absolute Gasteiger partial charge is 0.460 e. The van der Waals surface area contributed by atoms with E-state index in [9.17, 15) is 4.79 Å². The van der Waals surface area contributed by atoms with Crippen LogP contribution in [0.1, 0.15) is 12.6 Å². The number of halogens is 2. The third-order valence-corrected chi connectivity index (χ3v) is 3.54. The summed E-state index contributed by atoms with van der Waals surface area (Å²) in [4.78, 5) is 18.6. The van der Waals surface area contributed by atoms with Gasteiger partial charge in [-0.25, -0.2) is 4.98 Å². The maximum Gasteiger partial charge on any atom is 0.265 e. The third-order valence-electron chi connectivity index (χ3n) is 2.10. The van der Waals surface area contributed by atoms with Gasteiger partial charge in [0.1, 0.15) is 4.47 Å². The highest BCUT2D eigenvalue weighted by atomic mass is 79.9. The number of aromatic amines is 1. The molecular formula is C10H8Br2N2O2. The molecule has 0 aliphatic heterocycles. The fourth-order valence-corrected chi connectivity index (χ4v) is 2.17. The van der Waals surface area contributed by atoms with Crippen LogP contribution >= 0.6 is 31.9 Å². The Hall–Kier alpha value is -0.880. The number of aromatic nitrogens is 2. The number of hydrogen-bond acceptors (Lipinski definition) is 3. The van der Waals surface area contributed by atoms with E-state index in [0.717, 1.165) is 4.47 Å². The molecule has 2 aromatic rings. The lowest BCUT2D eigenvalue weighted by molar-refractivity contribution is 0.575. The van der Waals surface area contributed by atoms with E-state index < -0.39 is 0 Å². The Morgan fingerprint density at radius 2 is 2.25 bits per heavy atom. The first-order chi connectivity index (χ1) is 7.63. The van der Waals surface area contributed by atoms with E-state index in [0.29, 0.717) is 28.2 Å². The SMILES string of the molecule is CCc1nc(-c2occc2Br)[nH]c(=O)c1Br. The van der Waals surface area contributed by atoms with Gasteiger partial charge in [0.25, 0.3) is 5.56 Å². The van der Waals surface area contributed by atoms with Crippen LogP contribution in [0.25, 0.3) is 11.6 Å². The van der Waals surface area contributed by atoms with Crippen LogP contribution < -0.4 is 5.56 Å². The first kappa shape index (κ1) is 11.6. The van der Waals surface area contributed by atoms with Gasteiger partial charge in [-0.3, -0.25) is 4.79 Å². The highest BCUT2D eigenvalue weighted by Gasteiger charge is 2.13. The van der Waals surface area contributed by atoms with Gasteiger partial charge in [0, 0.05) is 0 Å². The molecule has 0 bridgehead atoms. The van der Waals surface area contributed by atoms with Gasteiger partial charge < -0.3 is 9.40 Å². The van der Waals surface area contributed by atoms with Gasteiger partial charge in [0.15, 0.2) is 11.6 Å². The summed E-state index contributed by atoms with van der Waals surface area (Å²) in [5.41, 5.74) is 0.507. The molecule has 0 amide bonds. The molecule has 0 fully saturated rings. The van der Waals surface area contributed by atoms with Crippen molar-refractivity contribution >= 4 is 31.9 Å². The molecule has 0 aliphatic rings. The zero-order valence-corrected chi connectivity index (χ0v) is 11.6. The Balaban J connectivity index is 2.64. The molecule has 0 unspecified atom stereocenters. The van der Waals surface area contributed by atoms with E-state index in [1.165, 1.54) is 6.26 Å². The van der Waals surface area contributed by atoms with Gasteiger partial charge in [-0.2, -0.15) is 0 Å². The number of hydrogen-bond donors (Lipinski definition) is 1. The normalized spacial score (nSPS) is 10.7. The minimum Gasteiger partial charge on any atom is -0.460 e. The monoisotopic (exact) mass is 346 g/mol. The van der Waals surface area contributed by atoms with E-state index in [4.69, 9.17) is 4.42 Å². The highest BCUT2D eigenvalue weighted by Crippen LogP contribution is 2.26. The fraction of sp³-hybridized carbons (Fsp3) is 0.200. The summed E-state index contributed by atoms with van der Waals surface area (Å²) in [7, 11) is 0. The molecule has 0 saturated carbocycles. The molecule has 0 aliphatic carbocycles. The molecule has 0 atom stereocenters. The van der Waals surface area contributed by atoms with Gasteiger partial charge in [0.05, 0.1) is 16.4 Å². The quantitative estimate of drug-likeness (QED) is 0.907. The van der Waals surface area contributed by atoms with E-state index in [2.05, 4.69) is 41.8 Å². The van der Waals surface area contributed by atoms with Gasteiger partial charge >= 0.3 is 0 Å². The molecule has 2 rings (SSSR count). The van der Waals surface area contributed by atoms with Gasteiger partial charge in [0.2, 0.25) is 0 Å². The van der Waals surface area contributed by atoms with Crippen LogP contribution in [0.4, 0.5) is 0 Å². The standard InChI is InChI=1S/C10H8Br2N2O2/c1-2-6-7(12)10(15)14-9(13-6)8-5(11)3-4-16-8/h3-4H,2H2,1H3,(H,13,14,15). The molecular weight excluding hydrogens is 340 g/mol. The average molecular weight is 348 g/mol. The summed E-state index contributed by atoms with van der Waals surface area (Å²) < 4.78 is 6.49. The van der Waals surface area contributed by atoms with Gasteiger partial charge in [-0.15, -0.1) is 0 Å². The first-order valence-corrected chi connectivity index (χ1v) is 6.24. The second-order valence-corrected chi connectivity index (χ2v) is 4.77. The Bertz CT molecular complexity index is 574. The van der Waals surface area contributed by atoms with Crippen molar-refractivity contribution in [2.45, 2.75) is 13.3 Å². The van der Waals surface area contributed by atoms with Crippen molar-refractivity contribution in [3.63, 3.8) is 0 Å². The smallest absolute Gasteiger partial charge is 0.265 e. The number of furan rings is 1. The molecule has 0 spiro atoms. The summed E-state index contributed by atoms with van der Waals surface area (Å²) in [6.45, 7) is 1.94. The van der Waals surface area contributed by atoms with Crippen molar-refractivity contribution in [2.24, 2.45) is 0 Å². The van der Waals surface area contributed by atoms with Gasteiger partial charge in [-0.05, 0) is 44.3 Å². The topological polar surface area (TPSA) is 58.9 Å². The molecule has 6 heteroatoms. The number of rotatable bonds is 2. The van der Waals surface area contributed by atoms with Crippen molar-refractivity contribution in [1.82, 2.24) is 9.97 Å². The van der Waals surface area contributed by atoms with Crippen molar-refractivity contribution < 1.29 is 4.42 Å². The van der Waals surface area contributed by atoms with Crippen LogP contribution in [0.5, 0.6) is 0 Å². The predicted octanol–water partition coefficient (Wildman–Crippen LogP) is 3.12. The molecule has 2 heterocycles. The summed E-state index contributed by atoms with van der Waals surface area (Å²) in [6.07, 6.45) is 2.21. The van der Waals surface area contributed by atoms with Crippen LogP contribution in [0.3, 0.4) is 0 Å². The van der Waals surface area contributed by atoms with E-state index in [-0.39, 0.29) is 5.56 Å². The van der Waals surface area contributed by atoms with E-state index in [1.54, 1.807) is 6.07 Å². The fourth-order valence-electron chi connectivity index (χ4n) is 1.31. The summed E-state index contributed by atoms with van der Waals surface area (Å²) >= 11 is 6.53. The number of H-pyrrole nitrogens is 1. The average Bonchev–Trinajstić information content (AvgIpc) is 2.68. The highest BCUT2D eigenvalue weighted by molar-refractivity contribution is 9.10. The number of aryl methyl sites for hydroxylation is 1. The second kappa shape index (κ2) is 4.55. The summed E-state index contributed by atoms with van der Waals surface area (Å²) in [5, 5.41) is 0. The van der Waals surface area contributed by atoms with Crippen molar-refractivity contribution in [1.29, 1.82) is 0 Å². The summed E-state index contributed by atoms with van der Waals surface area (Å²) in [6, 6.07) is 1.75. The lowest BCUT2D eigenvalue weighted by atomic mass is 10.3. The second-order valence-electron chi connectivity index (χ2n) is 3.13. The van der Waals surface area contributed by atoms with Gasteiger partial charge in [-0.1, -0.05) is 6.92 Å². The molecule has 16 heavy (non-hydrogen) atoms. The molecule has 0 saturated heterocycles. The predicted molar refractivity (Wildman–Crippen MR) is 67.3 cm³/mol. The lowest BCUT2D eigenvalue weighted by Crippen LogP contribution is -2.13. The Labute approximate surface area is 108 Å². The van der Waals surface area contributed by atoms with Crippen LogP contribution in [0.15, 0.2) is 30.5 Å². The molecule has 2 aromatic heterocycles. The van der Waals surface area contributed by atoms with Crippen LogP contribution in [0.2, 0.25) is 0 Å². The minimum absolute atomic E-state index is 0.204. The Morgan fingerprint density at radius 1 is 1.50 bits per heavy atom. The molecule has 4 nitrogen and oxygen atoms in total. The zero-order chi connectivity index (χ0) is 11.7. The van der Waals surface area contributed by atoms with Crippen molar-refractivity contribution in [3.8, 4) is 11.6 Å². The zero-order valence-electron chi connectivity index (χ0n) is 8.38. The third kappa shape index (κ3) is 1.99. The lowest BCUT2D eigenvalue weighted by Gasteiger charge is -2.02. The van der Waals surface area contributed by atoms with E-state index >= 15 is 0 Å². The number of nitrogens with zero attached hydrogens (tertiary/aromatic N) is 1. The molecule has 1 N–H and O–H groups in total. The van der Waals surface area contributed by atoms with Crippen LogP contribution in [-0.4, -0.2) is 9.97 Å². The maximum atomic E-state index is 11.6. The number of nitrogens with one attached hydrogen (secondary N) is 1. The minimum atomic E-state index is -0.204. The van der Waals surface area contributed by atoms with Crippen LogP contribution in [-0.2, 0) is 6.42 Å². The van der Waals surface area contributed by atoms with Crippen LogP contribution in [0, 0.1) is 0 Å². The molecule has 84 valence electrons. The van der Waals surface area contributed by atoms with Crippen molar-refractivity contribution in [3.05, 3.63) is 37.3 Å². The first-order valence-electron chi connectivity index (χ1n) is 4.65. The molecule has 0 aromatic carbocycles. The van der Waals surface area contributed by atoms with E-state index in [1.807, 2.05) is 6.92 Å². The molecule has 0 radical (unpaired) electrons. The summed E-state index contributed by atoms with van der Waals surface area (Å²) in [5.74, 6) is 0.959. The van der Waals surface area contributed by atoms with Crippen molar-refractivity contribution in [2.75, 3.05) is 0 Å². The Morgan fingerprint density at radius 3 is 2.81 bits per heavy atom. The maximum absolute atomic E-state index is 11.6.